The molecule has 0 bridgehead atoms. The van der Waals surface area contributed by atoms with Crippen LogP contribution in [-0.4, -0.2) is 60.5 Å². The van der Waals surface area contributed by atoms with Gasteiger partial charge in [-0.25, -0.2) is 4.57 Å². The molecule has 0 rings (SSSR count). The molecule has 58 heavy (non-hydrogen) atoms. The molecule has 0 aliphatic carbocycles. The van der Waals surface area contributed by atoms with Gasteiger partial charge in [0.05, 0.1) is 19.3 Å². The summed E-state index contributed by atoms with van der Waals surface area (Å²) in [5.74, 6) is -1.04. The molecule has 3 atom stereocenters. The second-order valence-corrected chi connectivity index (χ2v) is 14.4. The number of hydrogen-bond acceptors (Lipinski definition) is 9. The normalized spacial score (nSPS) is 15.2. The molecule has 324 valence electrons. The van der Waals surface area contributed by atoms with Gasteiger partial charge in [0, 0.05) is 19.4 Å². The Labute approximate surface area is 349 Å². The molecule has 0 saturated heterocycles. The maximum absolute atomic E-state index is 12.5. The Morgan fingerprint density at radius 2 is 1.10 bits per heavy atom. The molecule has 0 aliphatic heterocycles. The molecule has 11 heteroatoms. The Balaban J connectivity index is 4.47. The fourth-order valence-electron chi connectivity index (χ4n) is 4.60. The number of esters is 2. The zero-order chi connectivity index (χ0) is 42.6. The fourth-order valence-corrected chi connectivity index (χ4v) is 5.36. The highest BCUT2D eigenvalue weighted by Gasteiger charge is 2.25. The van der Waals surface area contributed by atoms with E-state index in [9.17, 15) is 24.2 Å². The molecule has 0 aliphatic rings. The van der Waals surface area contributed by atoms with Crippen LogP contribution in [0.15, 0.2) is 134 Å². The number of unbranched alkanes of at least 4 members (excludes halogenated alkanes) is 1. The molecule has 0 aromatic carbocycles. The lowest BCUT2D eigenvalue weighted by Crippen LogP contribution is -2.29. The second-order valence-electron chi connectivity index (χ2n) is 12.9. The van der Waals surface area contributed by atoms with E-state index < -0.39 is 38.6 Å². The van der Waals surface area contributed by atoms with E-state index in [0.29, 0.717) is 25.7 Å². The van der Waals surface area contributed by atoms with Crippen LogP contribution in [-0.2, 0) is 32.7 Å². The maximum Gasteiger partial charge on any atom is 0.472 e. The lowest BCUT2D eigenvalue weighted by atomic mass is 10.2. The smallest absolute Gasteiger partial charge is 0.462 e. The third-order valence-corrected chi connectivity index (χ3v) is 8.60. The molecule has 2 unspecified atom stereocenters. The summed E-state index contributed by atoms with van der Waals surface area (Å²) in [6, 6.07) is 0. The summed E-state index contributed by atoms with van der Waals surface area (Å²) >= 11 is 0. The molecular weight excluding hydrogens is 753 g/mol. The van der Waals surface area contributed by atoms with Crippen LogP contribution in [0.4, 0.5) is 0 Å². The summed E-state index contributed by atoms with van der Waals surface area (Å²) in [5.41, 5.74) is 5.33. The third-order valence-electron chi connectivity index (χ3n) is 7.62. The third kappa shape index (κ3) is 40.3. The Morgan fingerprint density at radius 1 is 0.603 bits per heavy atom. The van der Waals surface area contributed by atoms with Gasteiger partial charge in [-0.1, -0.05) is 148 Å². The molecular formula is C47H72NO9P. The topological polar surface area (TPSA) is 155 Å². The van der Waals surface area contributed by atoms with Crippen molar-refractivity contribution in [1.82, 2.24) is 0 Å². The van der Waals surface area contributed by atoms with Crippen LogP contribution in [0.25, 0.3) is 0 Å². The van der Waals surface area contributed by atoms with E-state index in [2.05, 4.69) is 79.8 Å². The summed E-state index contributed by atoms with van der Waals surface area (Å²) in [5, 5.41) is 9.76. The average Bonchev–Trinajstić information content (AvgIpc) is 3.21. The number of carbonyl (C=O) groups excluding carboxylic acids is 2. The first kappa shape index (κ1) is 54.1. The molecule has 0 aromatic heterocycles. The average molecular weight is 826 g/mol. The number of ether oxygens (including phenoxy) is 2. The van der Waals surface area contributed by atoms with Crippen molar-refractivity contribution in [2.75, 3.05) is 26.4 Å². The van der Waals surface area contributed by atoms with Gasteiger partial charge in [-0.2, -0.15) is 0 Å². The van der Waals surface area contributed by atoms with Crippen molar-refractivity contribution in [3.05, 3.63) is 134 Å². The van der Waals surface area contributed by atoms with Crippen LogP contribution in [0.1, 0.15) is 110 Å². The molecule has 4 N–H and O–H groups in total. The number of aliphatic hydroxyl groups is 1. The lowest BCUT2D eigenvalue weighted by molar-refractivity contribution is -0.161. The van der Waals surface area contributed by atoms with Crippen LogP contribution >= 0.6 is 7.82 Å². The van der Waals surface area contributed by atoms with Crippen LogP contribution in [0.5, 0.6) is 0 Å². The summed E-state index contributed by atoms with van der Waals surface area (Å²) in [6.45, 7) is 3.17. The Bertz CT molecular complexity index is 1420. The largest absolute Gasteiger partial charge is 0.472 e. The van der Waals surface area contributed by atoms with Crippen LogP contribution in [0.2, 0.25) is 0 Å². The SMILES string of the molecule is CC/C=C\C/C=C\C/C=C\C/C=C\C/C=C\C/C=C\CCC(=O)O[C@H](COC(=O)CCC/C=C\C/C=C\C/C=C\C=C\CC(O)/C=C\CC)COP(=O)(O)OCCN. The highest BCUT2D eigenvalue weighted by molar-refractivity contribution is 7.47. The minimum absolute atomic E-state index is 0.0194. The molecule has 0 fully saturated rings. The van der Waals surface area contributed by atoms with Crippen LogP contribution < -0.4 is 5.73 Å². The predicted molar refractivity (Wildman–Crippen MR) is 239 cm³/mol. The van der Waals surface area contributed by atoms with Crippen LogP contribution in [0.3, 0.4) is 0 Å². The zero-order valence-electron chi connectivity index (χ0n) is 35.1. The molecule has 0 spiro atoms. The first-order valence-corrected chi connectivity index (χ1v) is 22.3. The fraction of sp³-hybridized carbons (Fsp3) is 0.489. The quantitative estimate of drug-likeness (QED) is 0.0183. The van der Waals surface area contributed by atoms with E-state index in [1.165, 1.54) is 0 Å². The van der Waals surface area contributed by atoms with Crippen molar-refractivity contribution in [3.63, 3.8) is 0 Å². The number of phosphoric ester groups is 1. The van der Waals surface area contributed by atoms with Gasteiger partial charge in [0.15, 0.2) is 6.10 Å². The van der Waals surface area contributed by atoms with Gasteiger partial charge < -0.3 is 25.2 Å². The lowest BCUT2D eigenvalue weighted by Gasteiger charge is -2.19. The molecule has 0 aromatic rings. The number of aliphatic hydroxyl groups excluding tert-OH is 1. The Morgan fingerprint density at radius 3 is 1.66 bits per heavy atom. The number of carbonyl (C=O) groups is 2. The van der Waals surface area contributed by atoms with Crippen molar-refractivity contribution in [3.8, 4) is 0 Å². The van der Waals surface area contributed by atoms with Crippen molar-refractivity contribution >= 4 is 19.8 Å². The van der Waals surface area contributed by atoms with Gasteiger partial charge in [-0.15, -0.1) is 0 Å². The summed E-state index contributed by atoms with van der Waals surface area (Å²) < 4.78 is 32.6. The van der Waals surface area contributed by atoms with E-state index in [1.807, 2.05) is 67.7 Å². The highest BCUT2D eigenvalue weighted by Crippen LogP contribution is 2.43. The number of nitrogens with two attached hydrogens (primary N) is 1. The second kappa shape index (κ2) is 41.3. The van der Waals surface area contributed by atoms with Crippen molar-refractivity contribution in [2.45, 2.75) is 122 Å². The number of hydrogen-bond donors (Lipinski definition) is 3. The van der Waals surface area contributed by atoms with Gasteiger partial charge in [0.2, 0.25) is 0 Å². The van der Waals surface area contributed by atoms with Crippen LogP contribution in [0, 0.1) is 0 Å². The Kier molecular flexibility index (Phi) is 38.5. The number of phosphoric acid groups is 1. The first-order valence-electron chi connectivity index (χ1n) is 20.8. The van der Waals surface area contributed by atoms with Crippen molar-refractivity contribution in [2.24, 2.45) is 5.73 Å². The van der Waals surface area contributed by atoms with E-state index in [0.717, 1.165) is 57.8 Å². The number of rotatable bonds is 36. The molecule has 0 heterocycles. The van der Waals surface area contributed by atoms with Gasteiger partial charge in [0.1, 0.15) is 6.61 Å². The minimum atomic E-state index is -4.43. The van der Waals surface area contributed by atoms with Crippen molar-refractivity contribution in [1.29, 1.82) is 0 Å². The van der Waals surface area contributed by atoms with Crippen molar-refractivity contribution < 1.29 is 42.7 Å². The summed E-state index contributed by atoms with van der Waals surface area (Å²) in [7, 11) is -4.43. The van der Waals surface area contributed by atoms with Gasteiger partial charge in [-0.3, -0.25) is 18.6 Å². The van der Waals surface area contributed by atoms with E-state index in [1.54, 1.807) is 0 Å². The molecule has 0 radical (unpaired) electrons. The Hall–Kier alpha value is -3.89. The highest BCUT2D eigenvalue weighted by atomic mass is 31.2. The monoisotopic (exact) mass is 825 g/mol. The van der Waals surface area contributed by atoms with Gasteiger partial charge >= 0.3 is 19.8 Å². The minimum Gasteiger partial charge on any atom is -0.462 e. The molecule has 0 amide bonds. The van der Waals surface area contributed by atoms with E-state index in [4.69, 9.17) is 24.3 Å². The van der Waals surface area contributed by atoms with Gasteiger partial charge in [0.25, 0.3) is 0 Å². The predicted octanol–water partition coefficient (Wildman–Crippen LogP) is 10.9. The summed E-state index contributed by atoms with van der Waals surface area (Å²) in [4.78, 5) is 34.8. The maximum atomic E-state index is 12.5. The zero-order valence-corrected chi connectivity index (χ0v) is 36.0. The molecule has 10 nitrogen and oxygen atoms in total. The summed E-state index contributed by atoms with van der Waals surface area (Å²) in [6.07, 6.45) is 54.2. The van der Waals surface area contributed by atoms with E-state index >= 15 is 0 Å². The van der Waals surface area contributed by atoms with Gasteiger partial charge in [-0.05, 0) is 83.5 Å². The standard InChI is InChI=1S/C47H72NO9P/c1-3-5-7-8-9-10-11-12-13-14-15-16-17-18-23-26-29-32-35-39-47(51)57-45(43-56-58(52,53)55-41-40-48)42-54-46(50)38-34-31-28-25-22-20-19-21-24-27-30-33-37-44(49)36-6-4-2/h5-7,9-10,12-13,15-16,18-20,23-25,27-30,32-33,36,44-45,49H,3-4,8,11,14,17,21-22,26,31,34-35,37-43,48H2,1-2H3,(H,52,53)/b7-5-,10-9-,13-12-,16-15-,20-19-,23-18-,27-24-,28-25-,32-29-,33-30+,36-6-/t44?,45-/m1/s1. The number of allylic oxidation sites excluding steroid dienone is 20. The van der Waals surface area contributed by atoms with E-state index in [-0.39, 0.29) is 32.6 Å². The first-order chi connectivity index (χ1) is 28.2. The molecule has 0 saturated carbocycles.